The zero-order valence-electron chi connectivity index (χ0n) is 7.93. The lowest BCUT2D eigenvalue weighted by molar-refractivity contribution is -0.118. The molecule has 0 aliphatic heterocycles. The minimum atomic E-state index is -0.634. The molecule has 1 aromatic rings. The van der Waals surface area contributed by atoms with Gasteiger partial charge in [0.15, 0.2) is 0 Å². The Kier molecular flexibility index (Phi) is 2.36. The van der Waals surface area contributed by atoms with E-state index in [1.165, 1.54) is 18.7 Å². The summed E-state index contributed by atoms with van der Waals surface area (Å²) in [6.45, 7) is 0. The highest BCUT2D eigenvalue weighted by Gasteiger charge is 2.52. The smallest absolute Gasteiger partial charge is 0.237 e. The lowest BCUT2D eigenvalue weighted by Crippen LogP contribution is -2.35. The Morgan fingerprint density at radius 1 is 1.47 bits per heavy atom. The first-order valence-corrected chi connectivity index (χ1v) is 4.92. The van der Waals surface area contributed by atoms with Crippen molar-refractivity contribution in [2.24, 2.45) is 11.1 Å². The fourth-order valence-electron chi connectivity index (χ4n) is 1.32. The minimum absolute atomic E-state index is 0.162. The number of carbonyl (C=O) groups is 1. The zero-order valence-corrected chi connectivity index (χ0v) is 8.75. The molecule has 15 heavy (non-hydrogen) atoms. The number of thiocarbonyl (C=S) groups is 1. The second-order valence-electron chi connectivity index (χ2n) is 3.53. The van der Waals surface area contributed by atoms with E-state index in [9.17, 15) is 4.79 Å². The molecular weight excluding hydrogens is 212 g/mol. The monoisotopic (exact) mass is 222 g/mol. The van der Waals surface area contributed by atoms with E-state index < -0.39 is 5.41 Å². The van der Waals surface area contributed by atoms with Crippen molar-refractivity contribution in [2.45, 2.75) is 12.8 Å². The molecule has 0 unspecified atom stereocenters. The molecule has 5 nitrogen and oxygen atoms in total. The Balaban J connectivity index is 2.08. The number of hydrogen-bond donors (Lipinski definition) is 2. The molecule has 0 atom stereocenters. The van der Waals surface area contributed by atoms with Gasteiger partial charge in [0.2, 0.25) is 5.91 Å². The summed E-state index contributed by atoms with van der Waals surface area (Å²) in [7, 11) is 0. The largest absolute Gasteiger partial charge is 0.392 e. The van der Waals surface area contributed by atoms with E-state index in [4.69, 9.17) is 18.0 Å². The normalized spacial score (nSPS) is 16.8. The fourth-order valence-corrected chi connectivity index (χ4v) is 1.62. The number of anilines is 1. The summed E-state index contributed by atoms with van der Waals surface area (Å²) in [6, 6.07) is 0. The average Bonchev–Trinajstić information content (AvgIpc) is 2.99. The Morgan fingerprint density at radius 3 is 2.53 bits per heavy atom. The van der Waals surface area contributed by atoms with Gasteiger partial charge in [-0.25, -0.2) is 9.97 Å². The van der Waals surface area contributed by atoms with Gasteiger partial charge in [-0.1, -0.05) is 12.2 Å². The maximum atomic E-state index is 11.8. The van der Waals surface area contributed by atoms with Crippen LogP contribution < -0.4 is 11.1 Å². The molecule has 1 saturated carbocycles. The number of nitrogens with zero attached hydrogens (tertiary/aromatic N) is 2. The van der Waals surface area contributed by atoms with E-state index in [-0.39, 0.29) is 10.9 Å². The van der Waals surface area contributed by atoms with Gasteiger partial charge in [0, 0.05) is 0 Å². The van der Waals surface area contributed by atoms with Crippen molar-refractivity contribution in [3.63, 3.8) is 0 Å². The summed E-state index contributed by atoms with van der Waals surface area (Å²) in [4.78, 5) is 19.7. The number of hydrogen-bond acceptors (Lipinski definition) is 4. The van der Waals surface area contributed by atoms with Crippen molar-refractivity contribution in [1.29, 1.82) is 0 Å². The molecule has 3 N–H and O–H groups in total. The van der Waals surface area contributed by atoms with Crippen LogP contribution in [-0.4, -0.2) is 20.9 Å². The Labute approximate surface area is 92.1 Å². The first-order valence-electron chi connectivity index (χ1n) is 4.51. The van der Waals surface area contributed by atoms with Crippen molar-refractivity contribution in [3.05, 3.63) is 18.7 Å². The number of aromatic nitrogens is 2. The van der Waals surface area contributed by atoms with Crippen molar-refractivity contribution >= 4 is 28.8 Å². The Morgan fingerprint density at radius 2 is 2.07 bits per heavy atom. The number of carbonyl (C=O) groups excluding carboxylic acids is 1. The molecular formula is C9H10N4OS. The van der Waals surface area contributed by atoms with Crippen LogP contribution in [0.25, 0.3) is 0 Å². The van der Waals surface area contributed by atoms with Crippen LogP contribution in [0.4, 0.5) is 5.69 Å². The van der Waals surface area contributed by atoms with Gasteiger partial charge in [-0.2, -0.15) is 0 Å². The summed E-state index contributed by atoms with van der Waals surface area (Å²) >= 11 is 4.87. The third kappa shape index (κ3) is 1.80. The highest BCUT2D eigenvalue weighted by molar-refractivity contribution is 7.80. The molecule has 1 amide bonds. The van der Waals surface area contributed by atoms with Crippen molar-refractivity contribution in [1.82, 2.24) is 9.97 Å². The molecule has 1 fully saturated rings. The van der Waals surface area contributed by atoms with Gasteiger partial charge in [0.1, 0.15) is 6.33 Å². The van der Waals surface area contributed by atoms with E-state index in [1.54, 1.807) is 0 Å². The van der Waals surface area contributed by atoms with E-state index in [1.807, 2.05) is 0 Å². The van der Waals surface area contributed by atoms with Gasteiger partial charge in [-0.05, 0) is 12.8 Å². The van der Waals surface area contributed by atoms with E-state index >= 15 is 0 Å². The predicted molar refractivity (Wildman–Crippen MR) is 59.1 cm³/mol. The standard InChI is InChI=1S/C9H10N4OS/c10-7(15)9(1-2-9)8(14)13-6-3-11-5-12-4-6/h3-5H,1-2H2,(H2,10,15)(H,13,14). The Bertz CT molecular complexity index is 402. The lowest BCUT2D eigenvalue weighted by Gasteiger charge is -2.12. The highest BCUT2D eigenvalue weighted by Crippen LogP contribution is 2.46. The molecule has 1 aliphatic carbocycles. The van der Waals surface area contributed by atoms with Crippen LogP contribution in [0.1, 0.15) is 12.8 Å². The summed E-state index contributed by atoms with van der Waals surface area (Å²) in [5.74, 6) is -0.162. The molecule has 1 aliphatic rings. The van der Waals surface area contributed by atoms with Crippen LogP contribution in [0.2, 0.25) is 0 Å². The third-order valence-corrected chi connectivity index (χ3v) is 2.87. The Hall–Kier alpha value is -1.56. The van der Waals surface area contributed by atoms with Crippen LogP contribution in [-0.2, 0) is 4.79 Å². The van der Waals surface area contributed by atoms with E-state index in [0.717, 1.165) is 12.8 Å². The fraction of sp³-hybridized carbons (Fsp3) is 0.333. The third-order valence-electron chi connectivity index (χ3n) is 2.47. The molecule has 78 valence electrons. The summed E-state index contributed by atoms with van der Waals surface area (Å²) < 4.78 is 0. The molecule has 0 bridgehead atoms. The average molecular weight is 222 g/mol. The topological polar surface area (TPSA) is 80.9 Å². The second kappa shape index (κ2) is 3.54. The zero-order chi connectivity index (χ0) is 10.9. The number of rotatable bonds is 3. The predicted octanol–water partition coefficient (Wildman–Crippen LogP) is 0.481. The second-order valence-corrected chi connectivity index (χ2v) is 3.97. The minimum Gasteiger partial charge on any atom is -0.392 e. The number of amides is 1. The summed E-state index contributed by atoms with van der Waals surface area (Å²) in [5.41, 5.74) is 5.45. The SMILES string of the molecule is NC(=S)C1(C(=O)Nc2cncnc2)CC1. The van der Waals surface area contributed by atoms with Crippen LogP contribution in [0.3, 0.4) is 0 Å². The van der Waals surface area contributed by atoms with Gasteiger partial charge >= 0.3 is 0 Å². The van der Waals surface area contributed by atoms with Crippen molar-refractivity contribution in [2.75, 3.05) is 5.32 Å². The van der Waals surface area contributed by atoms with Gasteiger partial charge in [-0.3, -0.25) is 4.79 Å². The summed E-state index contributed by atoms with van der Waals surface area (Å²) in [5, 5.41) is 2.69. The lowest BCUT2D eigenvalue weighted by atomic mass is 10.1. The number of nitrogens with one attached hydrogen (secondary N) is 1. The maximum absolute atomic E-state index is 11.8. The van der Waals surface area contributed by atoms with Gasteiger partial charge in [0.05, 0.1) is 28.5 Å². The van der Waals surface area contributed by atoms with Crippen LogP contribution in [0, 0.1) is 5.41 Å². The van der Waals surface area contributed by atoms with Crippen LogP contribution in [0.15, 0.2) is 18.7 Å². The molecule has 0 aromatic carbocycles. The molecule has 0 spiro atoms. The van der Waals surface area contributed by atoms with Gasteiger partial charge in [-0.15, -0.1) is 0 Å². The van der Waals surface area contributed by atoms with Gasteiger partial charge < -0.3 is 11.1 Å². The molecule has 0 radical (unpaired) electrons. The van der Waals surface area contributed by atoms with Crippen molar-refractivity contribution < 1.29 is 4.79 Å². The highest BCUT2D eigenvalue weighted by atomic mass is 32.1. The maximum Gasteiger partial charge on any atom is 0.237 e. The first kappa shape index (κ1) is 9.97. The van der Waals surface area contributed by atoms with Gasteiger partial charge in [0.25, 0.3) is 0 Å². The van der Waals surface area contributed by atoms with E-state index in [2.05, 4.69) is 15.3 Å². The molecule has 0 saturated heterocycles. The molecule has 1 aromatic heterocycles. The van der Waals surface area contributed by atoms with Crippen LogP contribution >= 0.6 is 12.2 Å². The van der Waals surface area contributed by atoms with E-state index in [0.29, 0.717) is 5.69 Å². The first-order chi connectivity index (χ1) is 7.15. The molecule has 6 heteroatoms. The molecule has 2 rings (SSSR count). The van der Waals surface area contributed by atoms with Crippen LogP contribution in [0.5, 0.6) is 0 Å². The molecule has 1 heterocycles. The summed E-state index contributed by atoms with van der Waals surface area (Å²) in [6.07, 6.45) is 5.90. The number of nitrogens with two attached hydrogens (primary N) is 1. The quantitative estimate of drug-likeness (QED) is 0.727. The van der Waals surface area contributed by atoms with Crippen molar-refractivity contribution in [3.8, 4) is 0 Å².